The maximum atomic E-state index is 12.3. The van der Waals surface area contributed by atoms with Gasteiger partial charge in [0.15, 0.2) is 0 Å². The number of rotatable bonds is 8. The van der Waals surface area contributed by atoms with Gasteiger partial charge in [-0.15, -0.1) is 0 Å². The van der Waals surface area contributed by atoms with E-state index in [0.29, 0.717) is 5.56 Å². The molecule has 0 aliphatic carbocycles. The van der Waals surface area contributed by atoms with Crippen molar-refractivity contribution in [1.29, 1.82) is 0 Å². The van der Waals surface area contributed by atoms with Crippen LogP contribution >= 0.6 is 0 Å². The number of nitrogens with one attached hydrogen (secondary N) is 1. The Morgan fingerprint density at radius 2 is 1.90 bits per heavy atom. The summed E-state index contributed by atoms with van der Waals surface area (Å²) in [5, 5.41) is 21.2. The monoisotopic (exact) mass is 280 g/mol. The highest BCUT2D eigenvalue weighted by Gasteiger charge is 2.15. The predicted molar refractivity (Wildman–Crippen MR) is 80.0 cm³/mol. The van der Waals surface area contributed by atoms with Gasteiger partial charge in [-0.1, -0.05) is 6.92 Å². The highest BCUT2D eigenvalue weighted by atomic mass is 16.3. The van der Waals surface area contributed by atoms with Crippen molar-refractivity contribution < 1.29 is 15.0 Å². The number of carbonyl (C=O) groups is 1. The summed E-state index contributed by atoms with van der Waals surface area (Å²) in [5.41, 5.74) is 2.61. The fourth-order valence-corrected chi connectivity index (χ4v) is 1.99. The molecule has 112 valence electrons. The van der Waals surface area contributed by atoms with Crippen LogP contribution in [0.25, 0.3) is 0 Å². The first-order valence-electron chi connectivity index (χ1n) is 6.99. The SMILES string of the molecule is CCCNc1ccc(C(=O)N(CCO)CCO)cc1C. The van der Waals surface area contributed by atoms with E-state index in [2.05, 4.69) is 12.2 Å². The molecule has 0 saturated carbocycles. The molecule has 0 heterocycles. The van der Waals surface area contributed by atoms with Gasteiger partial charge in [0.1, 0.15) is 0 Å². The number of hydrogen-bond acceptors (Lipinski definition) is 4. The average molecular weight is 280 g/mol. The quantitative estimate of drug-likeness (QED) is 0.670. The third kappa shape index (κ3) is 4.51. The third-order valence-electron chi connectivity index (χ3n) is 3.07. The van der Waals surface area contributed by atoms with E-state index in [4.69, 9.17) is 10.2 Å². The van der Waals surface area contributed by atoms with E-state index in [9.17, 15) is 4.79 Å². The van der Waals surface area contributed by atoms with Gasteiger partial charge in [-0.25, -0.2) is 0 Å². The number of anilines is 1. The van der Waals surface area contributed by atoms with Crippen molar-refractivity contribution in [2.45, 2.75) is 20.3 Å². The lowest BCUT2D eigenvalue weighted by Gasteiger charge is -2.21. The summed E-state index contributed by atoms with van der Waals surface area (Å²) in [6.45, 7) is 5.19. The van der Waals surface area contributed by atoms with Crippen LogP contribution in [0, 0.1) is 6.92 Å². The van der Waals surface area contributed by atoms with Crippen molar-refractivity contribution in [3.8, 4) is 0 Å². The molecule has 0 aliphatic rings. The Morgan fingerprint density at radius 3 is 2.40 bits per heavy atom. The van der Waals surface area contributed by atoms with Crippen LogP contribution in [0.2, 0.25) is 0 Å². The lowest BCUT2D eigenvalue weighted by atomic mass is 10.1. The van der Waals surface area contributed by atoms with Crippen molar-refractivity contribution in [2.24, 2.45) is 0 Å². The zero-order chi connectivity index (χ0) is 15.0. The summed E-state index contributed by atoms with van der Waals surface area (Å²) >= 11 is 0. The van der Waals surface area contributed by atoms with E-state index in [-0.39, 0.29) is 32.2 Å². The van der Waals surface area contributed by atoms with Gasteiger partial charge >= 0.3 is 0 Å². The number of aliphatic hydroxyl groups excluding tert-OH is 2. The van der Waals surface area contributed by atoms with Crippen LogP contribution in [0.5, 0.6) is 0 Å². The molecule has 0 spiro atoms. The number of benzene rings is 1. The highest BCUT2D eigenvalue weighted by Crippen LogP contribution is 2.17. The highest BCUT2D eigenvalue weighted by molar-refractivity contribution is 5.95. The Kier molecular flexibility index (Phi) is 7.04. The van der Waals surface area contributed by atoms with Crippen LogP contribution in [-0.2, 0) is 0 Å². The molecular formula is C15H24N2O3. The molecule has 20 heavy (non-hydrogen) atoms. The first-order chi connectivity index (χ1) is 9.63. The standard InChI is InChI=1S/C15H24N2O3/c1-3-6-16-14-5-4-13(11-12(14)2)15(20)17(7-9-18)8-10-19/h4-5,11,16,18-19H,3,6-10H2,1-2H3. The lowest BCUT2D eigenvalue weighted by Crippen LogP contribution is -2.35. The second-order valence-electron chi connectivity index (χ2n) is 4.70. The summed E-state index contributed by atoms with van der Waals surface area (Å²) in [6.07, 6.45) is 1.04. The minimum atomic E-state index is -0.168. The first kappa shape index (κ1) is 16.5. The van der Waals surface area contributed by atoms with E-state index in [1.165, 1.54) is 4.90 Å². The fourth-order valence-electron chi connectivity index (χ4n) is 1.99. The molecular weight excluding hydrogens is 256 g/mol. The number of aryl methyl sites for hydroxylation is 1. The number of aliphatic hydroxyl groups is 2. The molecule has 0 aliphatic heterocycles. The van der Waals surface area contributed by atoms with Gasteiger partial charge in [0.2, 0.25) is 0 Å². The minimum absolute atomic E-state index is 0.110. The molecule has 0 atom stereocenters. The third-order valence-corrected chi connectivity index (χ3v) is 3.07. The smallest absolute Gasteiger partial charge is 0.254 e. The second kappa shape index (κ2) is 8.55. The van der Waals surface area contributed by atoms with Crippen molar-refractivity contribution in [2.75, 3.05) is 38.2 Å². The Bertz CT molecular complexity index is 429. The van der Waals surface area contributed by atoms with Gasteiger partial charge in [-0.3, -0.25) is 4.79 Å². The average Bonchev–Trinajstić information content (AvgIpc) is 2.45. The van der Waals surface area contributed by atoms with Crippen molar-refractivity contribution >= 4 is 11.6 Å². The van der Waals surface area contributed by atoms with Crippen molar-refractivity contribution in [3.05, 3.63) is 29.3 Å². The minimum Gasteiger partial charge on any atom is -0.395 e. The zero-order valence-corrected chi connectivity index (χ0v) is 12.2. The summed E-state index contributed by atoms with van der Waals surface area (Å²) in [4.78, 5) is 13.7. The van der Waals surface area contributed by atoms with E-state index in [1.807, 2.05) is 19.1 Å². The molecule has 1 rings (SSSR count). The number of nitrogens with zero attached hydrogens (tertiary/aromatic N) is 1. The number of hydrogen-bond donors (Lipinski definition) is 3. The van der Waals surface area contributed by atoms with Crippen LogP contribution in [0.3, 0.4) is 0 Å². The van der Waals surface area contributed by atoms with E-state index in [1.54, 1.807) is 6.07 Å². The van der Waals surface area contributed by atoms with Crippen LogP contribution in [0.1, 0.15) is 29.3 Å². The van der Waals surface area contributed by atoms with Crippen LogP contribution in [-0.4, -0.2) is 53.9 Å². The van der Waals surface area contributed by atoms with E-state index >= 15 is 0 Å². The van der Waals surface area contributed by atoms with E-state index < -0.39 is 0 Å². The summed E-state index contributed by atoms with van der Waals surface area (Å²) < 4.78 is 0. The fraction of sp³-hybridized carbons (Fsp3) is 0.533. The molecule has 0 unspecified atom stereocenters. The normalized spacial score (nSPS) is 10.4. The molecule has 1 amide bonds. The summed E-state index contributed by atoms with van der Waals surface area (Å²) in [6, 6.07) is 5.51. The van der Waals surface area contributed by atoms with Gasteiger partial charge in [-0.05, 0) is 37.1 Å². The Balaban J connectivity index is 2.84. The van der Waals surface area contributed by atoms with Gasteiger partial charge in [0.25, 0.3) is 5.91 Å². The second-order valence-corrected chi connectivity index (χ2v) is 4.70. The van der Waals surface area contributed by atoms with Crippen LogP contribution in [0.4, 0.5) is 5.69 Å². The molecule has 1 aromatic rings. The van der Waals surface area contributed by atoms with Crippen LogP contribution in [0.15, 0.2) is 18.2 Å². The van der Waals surface area contributed by atoms with Gasteiger partial charge in [0.05, 0.1) is 13.2 Å². The number of amides is 1. The summed E-state index contributed by atoms with van der Waals surface area (Å²) in [7, 11) is 0. The molecule has 0 bridgehead atoms. The molecule has 1 aromatic carbocycles. The van der Waals surface area contributed by atoms with Crippen molar-refractivity contribution in [1.82, 2.24) is 4.90 Å². The topological polar surface area (TPSA) is 72.8 Å². The largest absolute Gasteiger partial charge is 0.395 e. The molecule has 5 nitrogen and oxygen atoms in total. The zero-order valence-electron chi connectivity index (χ0n) is 12.2. The summed E-state index contributed by atoms with van der Waals surface area (Å²) in [5.74, 6) is -0.168. The van der Waals surface area contributed by atoms with Gasteiger partial charge in [0, 0.05) is 30.9 Å². The van der Waals surface area contributed by atoms with Gasteiger partial charge in [-0.2, -0.15) is 0 Å². The van der Waals surface area contributed by atoms with E-state index in [0.717, 1.165) is 24.2 Å². The Hall–Kier alpha value is -1.59. The van der Waals surface area contributed by atoms with Crippen LogP contribution < -0.4 is 5.32 Å². The Labute approximate surface area is 120 Å². The molecule has 0 aromatic heterocycles. The van der Waals surface area contributed by atoms with Crippen molar-refractivity contribution in [3.63, 3.8) is 0 Å². The Morgan fingerprint density at radius 1 is 1.25 bits per heavy atom. The molecule has 0 fully saturated rings. The molecule has 3 N–H and O–H groups in total. The maximum absolute atomic E-state index is 12.3. The molecule has 0 radical (unpaired) electrons. The first-order valence-corrected chi connectivity index (χ1v) is 6.99. The van der Waals surface area contributed by atoms with Gasteiger partial charge < -0.3 is 20.4 Å². The number of carbonyl (C=O) groups excluding carboxylic acids is 1. The maximum Gasteiger partial charge on any atom is 0.254 e. The molecule has 0 saturated heterocycles. The predicted octanol–water partition coefficient (Wildman–Crippen LogP) is 1.24. The lowest BCUT2D eigenvalue weighted by molar-refractivity contribution is 0.0685. The molecule has 5 heteroatoms.